The van der Waals surface area contributed by atoms with Crippen LogP contribution in [0.2, 0.25) is 10.0 Å². The Morgan fingerprint density at radius 1 is 1.33 bits per heavy atom. The van der Waals surface area contributed by atoms with Crippen LogP contribution in [0.3, 0.4) is 0 Å². The molecule has 0 saturated carbocycles. The number of benzene rings is 1. The zero-order valence-electron chi connectivity index (χ0n) is 13.1. The second kappa shape index (κ2) is 8.05. The zero-order chi connectivity index (χ0) is 17.9. The Hall–Kier alpha value is -1.50. The van der Waals surface area contributed by atoms with Crippen LogP contribution in [0, 0.1) is 5.92 Å². The van der Waals surface area contributed by atoms with Gasteiger partial charge in [0.2, 0.25) is 5.91 Å². The lowest BCUT2D eigenvalue weighted by molar-refractivity contribution is -0.129. The minimum atomic E-state index is -0.504. The molecule has 2 rings (SSSR count). The standard InChI is InChI=1S/C16H16Cl2N2O3S/c1-9(2)7-19-14(21)8-20-15(22)13(24-16(20)23)5-10-3-4-11(17)6-12(10)18/h3-6,9H,7-8H2,1-2H3,(H,19,21)/b13-5-. The Labute approximate surface area is 154 Å². The number of imide groups is 1. The number of carbonyl (C=O) groups is 3. The molecule has 1 heterocycles. The van der Waals surface area contributed by atoms with Crippen LogP contribution in [0.4, 0.5) is 4.79 Å². The molecular weight excluding hydrogens is 371 g/mol. The van der Waals surface area contributed by atoms with E-state index in [2.05, 4.69) is 5.32 Å². The summed E-state index contributed by atoms with van der Waals surface area (Å²) in [5, 5.41) is 3.06. The van der Waals surface area contributed by atoms with E-state index in [0.717, 1.165) is 16.7 Å². The van der Waals surface area contributed by atoms with Crippen molar-refractivity contribution in [2.45, 2.75) is 13.8 Å². The molecule has 3 amide bonds. The zero-order valence-corrected chi connectivity index (χ0v) is 15.5. The molecule has 0 radical (unpaired) electrons. The van der Waals surface area contributed by atoms with Crippen molar-refractivity contribution in [3.8, 4) is 0 Å². The molecule has 1 aromatic carbocycles. The average Bonchev–Trinajstić information content (AvgIpc) is 2.75. The Morgan fingerprint density at radius 3 is 2.67 bits per heavy atom. The Kier molecular flexibility index (Phi) is 6.32. The van der Waals surface area contributed by atoms with Crippen molar-refractivity contribution in [3.63, 3.8) is 0 Å². The van der Waals surface area contributed by atoms with Gasteiger partial charge in [0.25, 0.3) is 11.1 Å². The molecule has 8 heteroatoms. The molecule has 1 aromatic rings. The van der Waals surface area contributed by atoms with E-state index in [1.807, 2.05) is 13.8 Å². The Balaban J connectivity index is 2.10. The quantitative estimate of drug-likeness (QED) is 0.781. The van der Waals surface area contributed by atoms with Crippen molar-refractivity contribution >= 4 is 58.1 Å². The highest BCUT2D eigenvalue weighted by atomic mass is 35.5. The van der Waals surface area contributed by atoms with Crippen molar-refractivity contribution < 1.29 is 14.4 Å². The number of amides is 3. The summed E-state index contributed by atoms with van der Waals surface area (Å²) in [5.41, 5.74) is 0.579. The Bertz CT molecular complexity index is 719. The van der Waals surface area contributed by atoms with Gasteiger partial charge in [-0.2, -0.15) is 0 Å². The topological polar surface area (TPSA) is 66.5 Å². The third kappa shape index (κ3) is 4.75. The summed E-state index contributed by atoms with van der Waals surface area (Å²) >= 11 is 12.7. The monoisotopic (exact) mass is 386 g/mol. The summed E-state index contributed by atoms with van der Waals surface area (Å²) in [7, 11) is 0. The molecule has 1 N–H and O–H groups in total. The van der Waals surface area contributed by atoms with Gasteiger partial charge in [-0.3, -0.25) is 19.3 Å². The second-order valence-electron chi connectivity index (χ2n) is 5.63. The lowest BCUT2D eigenvalue weighted by Crippen LogP contribution is -2.40. The fraction of sp³-hybridized carbons (Fsp3) is 0.312. The second-order valence-corrected chi connectivity index (χ2v) is 7.47. The minimum absolute atomic E-state index is 0.223. The highest BCUT2D eigenvalue weighted by molar-refractivity contribution is 8.18. The summed E-state index contributed by atoms with van der Waals surface area (Å²) in [6.45, 7) is 4.12. The van der Waals surface area contributed by atoms with E-state index in [4.69, 9.17) is 23.2 Å². The maximum absolute atomic E-state index is 12.3. The van der Waals surface area contributed by atoms with Gasteiger partial charge in [-0.25, -0.2) is 0 Å². The third-order valence-electron chi connectivity index (χ3n) is 3.13. The predicted octanol–water partition coefficient (Wildman–Crippen LogP) is 3.80. The molecule has 0 aromatic heterocycles. The first-order valence-corrected chi connectivity index (χ1v) is 8.82. The molecule has 1 saturated heterocycles. The molecular formula is C16H16Cl2N2O3S. The molecule has 128 valence electrons. The van der Waals surface area contributed by atoms with E-state index in [9.17, 15) is 14.4 Å². The van der Waals surface area contributed by atoms with Gasteiger partial charge in [0, 0.05) is 16.6 Å². The molecule has 1 fully saturated rings. The molecule has 1 aliphatic rings. The van der Waals surface area contributed by atoms with E-state index in [-0.39, 0.29) is 23.3 Å². The first kappa shape index (κ1) is 18.8. The molecule has 1 aliphatic heterocycles. The van der Waals surface area contributed by atoms with E-state index in [1.54, 1.807) is 18.2 Å². The fourth-order valence-electron chi connectivity index (χ4n) is 1.91. The first-order valence-electron chi connectivity index (χ1n) is 7.25. The van der Waals surface area contributed by atoms with Crippen LogP contribution in [0.1, 0.15) is 19.4 Å². The van der Waals surface area contributed by atoms with E-state index >= 15 is 0 Å². The van der Waals surface area contributed by atoms with E-state index < -0.39 is 11.1 Å². The number of hydrogen-bond acceptors (Lipinski definition) is 4. The number of halogens is 2. The van der Waals surface area contributed by atoms with Crippen molar-refractivity contribution in [1.29, 1.82) is 0 Å². The SMILES string of the molecule is CC(C)CNC(=O)CN1C(=O)S/C(=C\c2ccc(Cl)cc2Cl)C1=O. The molecule has 0 unspecified atom stereocenters. The smallest absolute Gasteiger partial charge is 0.294 e. The summed E-state index contributed by atoms with van der Waals surface area (Å²) in [6, 6.07) is 4.86. The predicted molar refractivity (Wildman–Crippen MR) is 97.0 cm³/mol. The van der Waals surface area contributed by atoms with Crippen molar-refractivity contribution in [1.82, 2.24) is 10.2 Å². The summed E-state index contributed by atoms with van der Waals surface area (Å²) in [4.78, 5) is 37.3. The molecule has 24 heavy (non-hydrogen) atoms. The van der Waals surface area contributed by atoms with Gasteiger partial charge in [0.15, 0.2) is 0 Å². The Morgan fingerprint density at radius 2 is 2.04 bits per heavy atom. The van der Waals surface area contributed by atoms with Crippen LogP contribution in [0.15, 0.2) is 23.1 Å². The lowest BCUT2D eigenvalue weighted by Gasteiger charge is -2.13. The molecule has 0 spiro atoms. The van der Waals surface area contributed by atoms with Gasteiger partial charge in [-0.05, 0) is 41.5 Å². The summed E-state index contributed by atoms with van der Waals surface area (Å²) in [5.74, 6) is -0.580. The van der Waals surface area contributed by atoms with Crippen LogP contribution in [-0.2, 0) is 9.59 Å². The van der Waals surface area contributed by atoms with Crippen LogP contribution < -0.4 is 5.32 Å². The lowest BCUT2D eigenvalue weighted by atomic mass is 10.2. The number of hydrogen-bond donors (Lipinski definition) is 1. The number of thioether (sulfide) groups is 1. The highest BCUT2D eigenvalue weighted by Crippen LogP contribution is 2.33. The number of nitrogens with one attached hydrogen (secondary N) is 1. The van der Waals surface area contributed by atoms with Crippen molar-refractivity contribution in [3.05, 3.63) is 38.7 Å². The number of rotatable bonds is 5. The fourth-order valence-corrected chi connectivity index (χ4v) is 3.21. The maximum Gasteiger partial charge on any atom is 0.294 e. The van der Waals surface area contributed by atoms with Gasteiger partial charge >= 0.3 is 0 Å². The van der Waals surface area contributed by atoms with Crippen LogP contribution in [-0.4, -0.2) is 35.0 Å². The molecule has 5 nitrogen and oxygen atoms in total. The van der Waals surface area contributed by atoms with Gasteiger partial charge in [-0.15, -0.1) is 0 Å². The van der Waals surface area contributed by atoms with Crippen LogP contribution in [0.5, 0.6) is 0 Å². The molecule has 0 atom stereocenters. The average molecular weight is 387 g/mol. The van der Waals surface area contributed by atoms with Gasteiger partial charge in [-0.1, -0.05) is 43.1 Å². The maximum atomic E-state index is 12.3. The molecule has 0 aliphatic carbocycles. The summed E-state index contributed by atoms with van der Waals surface area (Å²) < 4.78 is 0. The van der Waals surface area contributed by atoms with Gasteiger partial charge in [0.05, 0.1) is 4.91 Å². The van der Waals surface area contributed by atoms with Crippen molar-refractivity contribution in [2.75, 3.05) is 13.1 Å². The van der Waals surface area contributed by atoms with Crippen LogP contribution >= 0.6 is 35.0 Å². The van der Waals surface area contributed by atoms with Crippen molar-refractivity contribution in [2.24, 2.45) is 5.92 Å². The normalized spacial score (nSPS) is 16.4. The molecule has 0 bridgehead atoms. The summed E-state index contributed by atoms with van der Waals surface area (Å²) in [6.07, 6.45) is 1.52. The number of nitrogens with zero attached hydrogens (tertiary/aromatic N) is 1. The first-order chi connectivity index (χ1) is 11.3. The minimum Gasteiger partial charge on any atom is -0.354 e. The van der Waals surface area contributed by atoms with E-state index in [1.165, 1.54) is 6.08 Å². The highest BCUT2D eigenvalue weighted by Gasteiger charge is 2.36. The van der Waals surface area contributed by atoms with E-state index in [0.29, 0.717) is 22.2 Å². The van der Waals surface area contributed by atoms with Gasteiger partial charge < -0.3 is 5.32 Å². The van der Waals surface area contributed by atoms with Crippen LogP contribution in [0.25, 0.3) is 6.08 Å². The number of carbonyl (C=O) groups excluding carboxylic acids is 3. The van der Waals surface area contributed by atoms with Gasteiger partial charge in [0.1, 0.15) is 6.54 Å². The third-order valence-corrected chi connectivity index (χ3v) is 4.60. The largest absolute Gasteiger partial charge is 0.354 e.